The van der Waals surface area contributed by atoms with Crippen molar-refractivity contribution in [1.29, 1.82) is 0 Å². The maximum Gasteiger partial charge on any atom is 0.175 e. The maximum absolute atomic E-state index is 6.04. The Morgan fingerprint density at radius 1 is 1.56 bits per heavy atom. The van der Waals surface area contributed by atoms with Gasteiger partial charge in [-0.2, -0.15) is 0 Å². The smallest absolute Gasteiger partial charge is 0.175 e. The van der Waals surface area contributed by atoms with Crippen LogP contribution in [-0.2, 0) is 9.47 Å². The molecule has 0 aromatic carbocycles. The molecule has 0 amide bonds. The Morgan fingerprint density at radius 2 is 2.19 bits per heavy atom. The van der Waals surface area contributed by atoms with Gasteiger partial charge in [0.05, 0.1) is 11.4 Å². The number of allylic oxidation sites excluding steroid dienone is 1. The highest BCUT2D eigenvalue weighted by molar-refractivity contribution is 9.09. The minimum absolute atomic E-state index is 0.159. The molecule has 1 aliphatic carbocycles. The number of rotatable bonds is 4. The van der Waals surface area contributed by atoms with E-state index in [0.29, 0.717) is 10.7 Å². The van der Waals surface area contributed by atoms with Crippen molar-refractivity contribution in [2.24, 2.45) is 5.41 Å². The molecule has 0 aromatic rings. The highest BCUT2D eigenvalue weighted by atomic mass is 79.9. The van der Waals surface area contributed by atoms with Crippen LogP contribution in [0.4, 0.5) is 0 Å². The summed E-state index contributed by atoms with van der Waals surface area (Å²) in [4.78, 5) is 0. The predicted octanol–water partition coefficient (Wildman–Crippen LogP) is 3.90. The average Bonchev–Trinajstić information content (AvgIpc) is 2.14. The van der Waals surface area contributed by atoms with E-state index in [1.165, 1.54) is 5.57 Å². The van der Waals surface area contributed by atoms with Gasteiger partial charge in [-0.15, -0.1) is 0 Å². The van der Waals surface area contributed by atoms with Gasteiger partial charge in [0.15, 0.2) is 5.79 Å². The van der Waals surface area contributed by atoms with Gasteiger partial charge < -0.3 is 9.47 Å². The van der Waals surface area contributed by atoms with Crippen molar-refractivity contribution in [2.75, 3.05) is 12.4 Å². The SMILES string of the molecule is COC(C)(CBr)OC1C=C(C)CC(C)(C)C1. The fourth-order valence-electron chi connectivity index (χ4n) is 2.34. The van der Waals surface area contributed by atoms with Gasteiger partial charge in [0.25, 0.3) is 0 Å². The molecule has 2 unspecified atom stereocenters. The fourth-order valence-corrected chi connectivity index (χ4v) is 2.70. The number of methoxy groups -OCH3 is 1. The van der Waals surface area contributed by atoms with Crippen molar-refractivity contribution < 1.29 is 9.47 Å². The highest BCUT2D eigenvalue weighted by Crippen LogP contribution is 2.37. The molecule has 0 aliphatic heterocycles. The summed E-state index contributed by atoms with van der Waals surface area (Å²) in [6.45, 7) is 8.72. The largest absolute Gasteiger partial charge is 0.353 e. The van der Waals surface area contributed by atoms with Crippen molar-refractivity contribution >= 4 is 15.9 Å². The predicted molar refractivity (Wildman–Crippen MR) is 70.9 cm³/mol. The third-order valence-corrected chi connectivity index (χ3v) is 4.08. The monoisotopic (exact) mass is 290 g/mol. The first kappa shape index (κ1) is 14.2. The molecule has 0 saturated carbocycles. The molecule has 0 N–H and O–H groups in total. The minimum Gasteiger partial charge on any atom is -0.353 e. The van der Waals surface area contributed by atoms with Crippen LogP contribution in [0.1, 0.15) is 40.5 Å². The third kappa shape index (κ3) is 3.86. The van der Waals surface area contributed by atoms with E-state index in [1.807, 2.05) is 6.92 Å². The van der Waals surface area contributed by atoms with Gasteiger partial charge in [-0.3, -0.25) is 0 Å². The number of hydrogen-bond donors (Lipinski definition) is 0. The molecule has 16 heavy (non-hydrogen) atoms. The van der Waals surface area contributed by atoms with E-state index in [9.17, 15) is 0 Å². The van der Waals surface area contributed by atoms with Crippen molar-refractivity contribution in [3.05, 3.63) is 11.6 Å². The molecular weight excluding hydrogens is 268 g/mol. The molecule has 94 valence electrons. The summed E-state index contributed by atoms with van der Waals surface area (Å²) < 4.78 is 11.4. The molecule has 0 spiro atoms. The van der Waals surface area contributed by atoms with Crippen LogP contribution in [0.3, 0.4) is 0 Å². The Morgan fingerprint density at radius 3 is 2.62 bits per heavy atom. The third-order valence-electron chi connectivity index (χ3n) is 3.06. The lowest BCUT2D eigenvalue weighted by Gasteiger charge is -2.38. The van der Waals surface area contributed by atoms with Gasteiger partial charge in [0.1, 0.15) is 0 Å². The molecule has 0 saturated heterocycles. The van der Waals surface area contributed by atoms with Crippen molar-refractivity contribution in [3.63, 3.8) is 0 Å². The van der Waals surface area contributed by atoms with Crippen LogP contribution in [0.2, 0.25) is 0 Å². The molecule has 2 nitrogen and oxygen atoms in total. The zero-order valence-electron chi connectivity index (χ0n) is 11.0. The summed E-state index contributed by atoms with van der Waals surface area (Å²) in [6, 6.07) is 0. The van der Waals surface area contributed by atoms with E-state index < -0.39 is 5.79 Å². The summed E-state index contributed by atoms with van der Waals surface area (Å²) in [6.07, 6.45) is 4.60. The molecule has 0 aromatic heterocycles. The zero-order valence-corrected chi connectivity index (χ0v) is 12.6. The zero-order chi connectivity index (χ0) is 12.4. The van der Waals surface area contributed by atoms with E-state index >= 15 is 0 Å². The van der Waals surface area contributed by atoms with Crippen LogP contribution < -0.4 is 0 Å². The second-order valence-electron chi connectivity index (χ2n) is 5.69. The van der Waals surface area contributed by atoms with Crippen LogP contribution in [0.5, 0.6) is 0 Å². The summed E-state index contributed by atoms with van der Waals surface area (Å²) in [5.74, 6) is -0.533. The van der Waals surface area contributed by atoms with E-state index in [1.54, 1.807) is 7.11 Å². The van der Waals surface area contributed by atoms with Gasteiger partial charge in [-0.1, -0.05) is 41.4 Å². The first-order chi connectivity index (χ1) is 7.30. The van der Waals surface area contributed by atoms with E-state index in [4.69, 9.17) is 9.47 Å². The number of alkyl halides is 1. The normalized spacial score (nSPS) is 28.4. The fraction of sp³-hybridized carbons (Fsp3) is 0.846. The van der Waals surface area contributed by atoms with Crippen LogP contribution in [0, 0.1) is 5.41 Å². The summed E-state index contributed by atoms with van der Waals surface area (Å²) in [5.41, 5.74) is 1.74. The Kier molecular flexibility index (Phi) is 4.61. The van der Waals surface area contributed by atoms with Gasteiger partial charge in [-0.05, 0) is 32.1 Å². The lowest BCUT2D eigenvalue weighted by molar-refractivity contribution is -0.215. The maximum atomic E-state index is 6.04. The Hall–Kier alpha value is 0.140. The average molecular weight is 291 g/mol. The lowest BCUT2D eigenvalue weighted by atomic mass is 9.76. The summed E-state index contributed by atoms with van der Waals surface area (Å²) in [7, 11) is 1.69. The lowest BCUT2D eigenvalue weighted by Crippen LogP contribution is -2.39. The molecule has 3 heteroatoms. The van der Waals surface area contributed by atoms with Gasteiger partial charge in [-0.25, -0.2) is 0 Å². The van der Waals surface area contributed by atoms with Gasteiger partial charge >= 0.3 is 0 Å². The second-order valence-corrected chi connectivity index (χ2v) is 6.25. The highest BCUT2D eigenvalue weighted by Gasteiger charge is 2.33. The van der Waals surface area contributed by atoms with E-state index in [0.717, 1.165) is 12.8 Å². The van der Waals surface area contributed by atoms with E-state index in [2.05, 4.69) is 42.8 Å². The van der Waals surface area contributed by atoms with E-state index in [-0.39, 0.29) is 6.10 Å². The van der Waals surface area contributed by atoms with Crippen LogP contribution in [-0.4, -0.2) is 24.3 Å². The van der Waals surface area contributed by atoms with Crippen molar-refractivity contribution in [1.82, 2.24) is 0 Å². The van der Waals surface area contributed by atoms with Crippen molar-refractivity contribution in [2.45, 2.75) is 52.4 Å². The molecule has 0 bridgehead atoms. The standard InChI is InChI=1S/C13H23BrO2/c1-10-6-11(8-12(2,3)7-10)16-13(4,9-14)15-5/h6,11H,7-9H2,1-5H3. The first-order valence-electron chi connectivity index (χ1n) is 5.76. The first-order valence-corrected chi connectivity index (χ1v) is 6.89. The molecule has 0 fully saturated rings. The minimum atomic E-state index is -0.533. The number of halogens is 1. The van der Waals surface area contributed by atoms with Crippen LogP contribution in [0.25, 0.3) is 0 Å². The number of ether oxygens (including phenoxy) is 2. The second kappa shape index (κ2) is 5.19. The molecular formula is C13H23BrO2. The number of hydrogen-bond acceptors (Lipinski definition) is 2. The summed E-state index contributed by atoms with van der Waals surface area (Å²) >= 11 is 3.43. The molecule has 1 aliphatic rings. The van der Waals surface area contributed by atoms with Crippen molar-refractivity contribution in [3.8, 4) is 0 Å². The molecule has 0 radical (unpaired) electrons. The molecule has 1 rings (SSSR count). The Labute approximate surface area is 108 Å². The quantitative estimate of drug-likeness (QED) is 0.444. The molecule has 2 atom stereocenters. The van der Waals surface area contributed by atoms with Gasteiger partial charge in [0, 0.05) is 7.11 Å². The topological polar surface area (TPSA) is 18.5 Å². The van der Waals surface area contributed by atoms with Gasteiger partial charge in [0.2, 0.25) is 0 Å². The summed E-state index contributed by atoms with van der Waals surface area (Å²) in [5, 5.41) is 0.681. The molecule has 0 heterocycles. The Bertz CT molecular complexity index is 267. The van der Waals surface area contributed by atoms with Crippen LogP contribution >= 0.6 is 15.9 Å². The van der Waals surface area contributed by atoms with Crippen LogP contribution in [0.15, 0.2) is 11.6 Å². The Balaban J connectivity index is 2.71.